The standard InChI is InChI=1S/C9H8N2O2/c10-7-3-1-2-6(9(7)13)4-5-8(11)12/h1-3,13H,10H2,(H2,11,12). The van der Waals surface area contributed by atoms with E-state index in [-0.39, 0.29) is 11.4 Å². The number of hydrogen-bond donors (Lipinski definition) is 3. The molecule has 0 aromatic heterocycles. The predicted molar refractivity (Wildman–Crippen MR) is 48.6 cm³/mol. The van der Waals surface area contributed by atoms with Crippen LogP contribution in [0.4, 0.5) is 5.69 Å². The first-order valence-corrected chi connectivity index (χ1v) is 3.50. The van der Waals surface area contributed by atoms with Crippen molar-refractivity contribution in [1.29, 1.82) is 0 Å². The molecule has 0 radical (unpaired) electrons. The summed E-state index contributed by atoms with van der Waals surface area (Å²) >= 11 is 0. The van der Waals surface area contributed by atoms with E-state index >= 15 is 0 Å². The molecule has 0 aliphatic carbocycles. The van der Waals surface area contributed by atoms with Gasteiger partial charge >= 0.3 is 0 Å². The number of nitrogens with two attached hydrogens (primary N) is 2. The molecular formula is C9H8N2O2. The Balaban J connectivity index is 3.11. The number of hydrogen-bond acceptors (Lipinski definition) is 3. The van der Waals surface area contributed by atoms with E-state index in [0.29, 0.717) is 5.56 Å². The summed E-state index contributed by atoms with van der Waals surface area (Å²) in [6.45, 7) is 0. The van der Waals surface area contributed by atoms with Gasteiger partial charge in [0, 0.05) is 5.92 Å². The number of primary amides is 1. The van der Waals surface area contributed by atoms with Crippen molar-refractivity contribution in [3.8, 4) is 17.6 Å². The van der Waals surface area contributed by atoms with E-state index in [2.05, 4.69) is 11.8 Å². The number of aromatic hydroxyl groups is 1. The highest BCUT2D eigenvalue weighted by Crippen LogP contribution is 2.22. The van der Waals surface area contributed by atoms with Gasteiger partial charge in [-0.1, -0.05) is 12.0 Å². The number of phenolic OH excluding ortho intramolecular Hbond substituents is 1. The highest BCUT2D eigenvalue weighted by molar-refractivity contribution is 5.92. The van der Waals surface area contributed by atoms with Crippen molar-refractivity contribution < 1.29 is 9.90 Å². The van der Waals surface area contributed by atoms with Crippen LogP contribution in [0.2, 0.25) is 0 Å². The second-order valence-electron chi connectivity index (χ2n) is 2.36. The molecule has 0 atom stereocenters. The van der Waals surface area contributed by atoms with E-state index in [1.54, 1.807) is 12.1 Å². The summed E-state index contributed by atoms with van der Waals surface area (Å²) in [5, 5.41) is 9.33. The fourth-order valence-corrected chi connectivity index (χ4v) is 0.791. The lowest BCUT2D eigenvalue weighted by atomic mass is 10.2. The van der Waals surface area contributed by atoms with Crippen LogP contribution >= 0.6 is 0 Å². The lowest BCUT2D eigenvalue weighted by molar-refractivity contribution is -0.112. The zero-order chi connectivity index (χ0) is 9.84. The van der Waals surface area contributed by atoms with Gasteiger partial charge in [0.25, 0.3) is 5.91 Å². The van der Waals surface area contributed by atoms with Crippen LogP contribution in [0.3, 0.4) is 0 Å². The Bertz CT molecular complexity index is 402. The van der Waals surface area contributed by atoms with Crippen LogP contribution in [0.1, 0.15) is 5.56 Å². The Morgan fingerprint density at radius 1 is 1.46 bits per heavy atom. The number of para-hydroxylation sites is 1. The number of carbonyl (C=O) groups excluding carboxylic acids is 1. The summed E-state index contributed by atoms with van der Waals surface area (Å²) in [6, 6.07) is 4.70. The molecule has 5 N–H and O–H groups in total. The van der Waals surface area contributed by atoms with Crippen molar-refractivity contribution in [2.24, 2.45) is 5.73 Å². The zero-order valence-electron chi connectivity index (χ0n) is 6.74. The first kappa shape index (κ1) is 8.94. The van der Waals surface area contributed by atoms with Gasteiger partial charge in [0.05, 0.1) is 11.3 Å². The molecule has 0 spiro atoms. The van der Waals surface area contributed by atoms with Crippen LogP contribution in [0.15, 0.2) is 18.2 Å². The molecule has 1 amide bonds. The van der Waals surface area contributed by atoms with E-state index in [0.717, 1.165) is 0 Å². The third-order valence-corrected chi connectivity index (χ3v) is 1.39. The predicted octanol–water partition coefficient (Wildman–Crippen LogP) is -0.189. The number of phenols is 1. The average Bonchev–Trinajstić information content (AvgIpc) is 2.07. The minimum Gasteiger partial charge on any atom is -0.505 e. The van der Waals surface area contributed by atoms with Gasteiger partial charge in [-0.2, -0.15) is 0 Å². The average molecular weight is 176 g/mol. The molecule has 0 unspecified atom stereocenters. The monoisotopic (exact) mass is 176 g/mol. The van der Waals surface area contributed by atoms with Crippen molar-refractivity contribution >= 4 is 11.6 Å². The molecule has 0 fully saturated rings. The topological polar surface area (TPSA) is 89.3 Å². The van der Waals surface area contributed by atoms with Gasteiger partial charge in [-0.25, -0.2) is 0 Å². The van der Waals surface area contributed by atoms with Crippen LogP contribution in [0.25, 0.3) is 0 Å². The number of nitrogen functional groups attached to an aromatic ring is 1. The van der Waals surface area contributed by atoms with E-state index in [1.165, 1.54) is 6.07 Å². The largest absolute Gasteiger partial charge is 0.505 e. The van der Waals surface area contributed by atoms with E-state index in [4.69, 9.17) is 11.5 Å². The molecule has 1 aromatic rings. The number of benzene rings is 1. The Morgan fingerprint density at radius 2 is 2.15 bits per heavy atom. The van der Waals surface area contributed by atoms with Crippen molar-refractivity contribution in [3.05, 3.63) is 23.8 Å². The molecule has 0 saturated heterocycles. The molecule has 1 aromatic carbocycles. The number of rotatable bonds is 0. The Hall–Kier alpha value is -2.15. The molecule has 4 heteroatoms. The van der Waals surface area contributed by atoms with Gasteiger partial charge in [-0.05, 0) is 12.1 Å². The molecule has 0 bridgehead atoms. The van der Waals surface area contributed by atoms with Crippen LogP contribution in [-0.2, 0) is 4.79 Å². The lowest BCUT2D eigenvalue weighted by Gasteiger charge is -1.98. The highest BCUT2D eigenvalue weighted by Gasteiger charge is 2.00. The van der Waals surface area contributed by atoms with Gasteiger partial charge < -0.3 is 16.6 Å². The Morgan fingerprint density at radius 3 is 2.77 bits per heavy atom. The number of amides is 1. The molecule has 1 rings (SSSR count). The summed E-state index contributed by atoms with van der Waals surface area (Å²) in [5.41, 5.74) is 10.7. The first-order valence-electron chi connectivity index (χ1n) is 3.50. The van der Waals surface area contributed by atoms with Crippen LogP contribution in [0, 0.1) is 11.8 Å². The van der Waals surface area contributed by atoms with Crippen LogP contribution < -0.4 is 11.5 Å². The molecule has 0 saturated carbocycles. The maximum atomic E-state index is 10.3. The van der Waals surface area contributed by atoms with Gasteiger partial charge in [-0.15, -0.1) is 0 Å². The van der Waals surface area contributed by atoms with Crippen molar-refractivity contribution in [2.45, 2.75) is 0 Å². The van der Waals surface area contributed by atoms with Crippen molar-refractivity contribution in [3.63, 3.8) is 0 Å². The molecule has 0 heterocycles. The van der Waals surface area contributed by atoms with Crippen molar-refractivity contribution in [1.82, 2.24) is 0 Å². The van der Waals surface area contributed by atoms with Gasteiger partial charge in [0.15, 0.2) is 5.75 Å². The third-order valence-electron chi connectivity index (χ3n) is 1.39. The third kappa shape index (κ3) is 2.14. The first-order chi connectivity index (χ1) is 6.11. The molecular weight excluding hydrogens is 168 g/mol. The maximum absolute atomic E-state index is 10.3. The van der Waals surface area contributed by atoms with Crippen LogP contribution in [0.5, 0.6) is 5.75 Å². The fourth-order valence-electron chi connectivity index (χ4n) is 0.791. The smallest absolute Gasteiger partial charge is 0.293 e. The summed E-state index contributed by atoms with van der Waals surface area (Å²) in [5.74, 6) is 3.63. The molecule has 4 nitrogen and oxygen atoms in total. The minimum atomic E-state index is -0.748. The van der Waals surface area contributed by atoms with E-state index in [1.807, 2.05) is 0 Å². The van der Waals surface area contributed by atoms with Crippen molar-refractivity contribution in [2.75, 3.05) is 5.73 Å². The summed E-state index contributed by atoms with van der Waals surface area (Å²) in [6.07, 6.45) is 0. The second-order valence-corrected chi connectivity index (χ2v) is 2.36. The molecule has 13 heavy (non-hydrogen) atoms. The Kier molecular flexibility index (Phi) is 2.41. The second kappa shape index (κ2) is 3.50. The number of carbonyl (C=O) groups is 1. The van der Waals surface area contributed by atoms with Gasteiger partial charge in [0.1, 0.15) is 0 Å². The Labute approximate surface area is 75.2 Å². The lowest BCUT2D eigenvalue weighted by Crippen LogP contribution is -2.06. The van der Waals surface area contributed by atoms with Gasteiger partial charge in [-0.3, -0.25) is 4.79 Å². The quantitative estimate of drug-likeness (QED) is 0.291. The van der Waals surface area contributed by atoms with Crippen LogP contribution in [-0.4, -0.2) is 11.0 Å². The van der Waals surface area contributed by atoms with E-state index in [9.17, 15) is 9.90 Å². The normalized spacial score (nSPS) is 8.62. The molecule has 0 aliphatic heterocycles. The summed E-state index contributed by atoms with van der Waals surface area (Å²) in [7, 11) is 0. The summed E-state index contributed by atoms with van der Waals surface area (Å²) < 4.78 is 0. The number of anilines is 1. The maximum Gasteiger partial charge on any atom is 0.293 e. The fraction of sp³-hybridized carbons (Fsp3) is 0. The molecule has 0 aliphatic rings. The minimum absolute atomic E-state index is 0.128. The summed E-state index contributed by atoms with van der Waals surface area (Å²) in [4.78, 5) is 10.3. The SMILES string of the molecule is NC(=O)C#Cc1cccc(N)c1O. The molecule has 66 valence electrons. The highest BCUT2D eigenvalue weighted by atomic mass is 16.3. The zero-order valence-corrected chi connectivity index (χ0v) is 6.74. The van der Waals surface area contributed by atoms with E-state index < -0.39 is 5.91 Å². The van der Waals surface area contributed by atoms with Gasteiger partial charge in [0.2, 0.25) is 0 Å².